The molecular formula is C21H16N2O5S. The van der Waals surface area contributed by atoms with Crippen molar-refractivity contribution in [2.75, 3.05) is 19.5 Å². The summed E-state index contributed by atoms with van der Waals surface area (Å²) < 4.78 is 15.5. The number of carbonyl (C=O) groups is 1. The smallest absolute Gasteiger partial charge is 0.349 e. The quantitative estimate of drug-likeness (QED) is 0.498. The van der Waals surface area contributed by atoms with Gasteiger partial charge >= 0.3 is 5.63 Å². The number of hydrogen-bond acceptors (Lipinski definition) is 7. The van der Waals surface area contributed by atoms with Crippen molar-refractivity contribution in [3.8, 4) is 22.8 Å². The summed E-state index contributed by atoms with van der Waals surface area (Å²) in [5.41, 5.74) is 1.13. The molecule has 4 rings (SSSR count). The first kappa shape index (κ1) is 18.7. The molecule has 0 aliphatic rings. The average molecular weight is 408 g/mol. The molecule has 0 atom stereocenters. The Hall–Kier alpha value is -3.65. The molecule has 146 valence electrons. The number of ether oxygens (including phenoxy) is 2. The van der Waals surface area contributed by atoms with Crippen molar-refractivity contribution in [3.63, 3.8) is 0 Å². The number of hydrogen-bond donors (Lipinski definition) is 1. The maximum atomic E-state index is 12.6. The summed E-state index contributed by atoms with van der Waals surface area (Å²) in [6.45, 7) is 0. The van der Waals surface area contributed by atoms with Gasteiger partial charge in [-0.15, -0.1) is 11.3 Å². The highest BCUT2D eigenvalue weighted by molar-refractivity contribution is 7.14. The number of methoxy groups -OCH3 is 2. The number of thiazole rings is 1. The molecule has 2 aromatic carbocycles. The molecule has 0 saturated carbocycles. The Kier molecular flexibility index (Phi) is 5.01. The number of benzene rings is 2. The first-order valence-electron chi connectivity index (χ1n) is 8.60. The van der Waals surface area contributed by atoms with Gasteiger partial charge in [0.1, 0.15) is 22.6 Å². The fraction of sp³-hybridized carbons (Fsp3) is 0.0952. The molecule has 7 nitrogen and oxygen atoms in total. The molecule has 0 radical (unpaired) electrons. The van der Waals surface area contributed by atoms with E-state index in [1.807, 2.05) is 29.6 Å². The lowest BCUT2D eigenvalue weighted by Gasteiger charge is -2.04. The Labute approximate surface area is 169 Å². The Balaban J connectivity index is 1.57. The number of nitrogens with zero attached hydrogens (tertiary/aromatic N) is 1. The molecule has 0 bridgehead atoms. The Morgan fingerprint density at radius 2 is 1.76 bits per heavy atom. The van der Waals surface area contributed by atoms with Crippen LogP contribution >= 0.6 is 11.3 Å². The molecule has 0 unspecified atom stereocenters. The van der Waals surface area contributed by atoms with Crippen LogP contribution in [0, 0.1) is 0 Å². The largest absolute Gasteiger partial charge is 0.497 e. The van der Waals surface area contributed by atoms with Crippen LogP contribution < -0.4 is 20.4 Å². The SMILES string of the molecule is COc1ccc(-c2csc(NC(=O)c3cc4ccc(OC)cc4oc3=O)n2)cc1. The van der Waals surface area contributed by atoms with E-state index in [0.29, 0.717) is 27.5 Å². The average Bonchev–Trinajstić information content (AvgIpc) is 3.21. The third-order valence-electron chi connectivity index (χ3n) is 4.30. The van der Waals surface area contributed by atoms with Crippen molar-refractivity contribution < 1.29 is 18.7 Å². The second-order valence-corrected chi connectivity index (χ2v) is 6.93. The van der Waals surface area contributed by atoms with Crippen molar-refractivity contribution in [2.24, 2.45) is 0 Å². The number of fused-ring (bicyclic) bond motifs is 1. The minimum Gasteiger partial charge on any atom is -0.497 e. The van der Waals surface area contributed by atoms with Gasteiger partial charge in [0, 0.05) is 22.4 Å². The predicted octanol–water partition coefficient (Wildman–Crippen LogP) is 4.19. The molecule has 8 heteroatoms. The van der Waals surface area contributed by atoms with E-state index < -0.39 is 11.5 Å². The molecule has 0 fully saturated rings. The zero-order chi connectivity index (χ0) is 20.4. The molecule has 2 aromatic heterocycles. The summed E-state index contributed by atoms with van der Waals surface area (Å²) in [6, 6.07) is 14.0. The highest BCUT2D eigenvalue weighted by Crippen LogP contribution is 2.27. The van der Waals surface area contributed by atoms with Crippen LogP contribution in [0.25, 0.3) is 22.2 Å². The molecule has 2 heterocycles. The molecule has 0 spiro atoms. The van der Waals surface area contributed by atoms with Crippen LogP contribution in [0.5, 0.6) is 11.5 Å². The van der Waals surface area contributed by atoms with E-state index in [1.54, 1.807) is 25.3 Å². The van der Waals surface area contributed by atoms with E-state index in [9.17, 15) is 9.59 Å². The van der Waals surface area contributed by atoms with Gasteiger partial charge in [-0.25, -0.2) is 9.78 Å². The third kappa shape index (κ3) is 3.83. The van der Waals surface area contributed by atoms with E-state index in [0.717, 1.165) is 11.3 Å². The van der Waals surface area contributed by atoms with E-state index in [2.05, 4.69) is 10.3 Å². The number of rotatable bonds is 5. The summed E-state index contributed by atoms with van der Waals surface area (Å²) >= 11 is 1.27. The maximum Gasteiger partial charge on any atom is 0.349 e. The van der Waals surface area contributed by atoms with Crippen LogP contribution in [0.15, 0.2) is 63.1 Å². The summed E-state index contributed by atoms with van der Waals surface area (Å²) in [6.07, 6.45) is 0. The lowest BCUT2D eigenvalue weighted by atomic mass is 10.1. The summed E-state index contributed by atoms with van der Waals surface area (Å²) in [5.74, 6) is 0.733. The molecule has 1 N–H and O–H groups in total. The third-order valence-corrected chi connectivity index (χ3v) is 5.06. The van der Waals surface area contributed by atoms with E-state index in [-0.39, 0.29) is 5.56 Å². The molecule has 0 saturated heterocycles. The fourth-order valence-corrected chi connectivity index (χ4v) is 3.48. The summed E-state index contributed by atoms with van der Waals surface area (Å²) in [5, 5.41) is 5.49. The topological polar surface area (TPSA) is 90.7 Å². The van der Waals surface area contributed by atoms with Gasteiger partial charge in [-0.2, -0.15) is 0 Å². The number of nitrogens with one attached hydrogen (secondary N) is 1. The van der Waals surface area contributed by atoms with Crippen LogP contribution in [0.4, 0.5) is 5.13 Å². The molecule has 29 heavy (non-hydrogen) atoms. The zero-order valence-corrected chi connectivity index (χ0v) is 16.4. The van der Waals surface area contributed by atoms with E-state index in [1.165, 1.54) is 24.5 Å². The standard InChI is InChI=1S/C21H16N2O5S/c1-26-14-6-3-12(4-7-14)17-11-29-21(22-17)23-19(24)16-9-13-5-8-15(27-2)10-18(13)28-20(16)25/h3-11H,1-2H3,(H,22,23,24). The van der Waals surface area contributed by atoms with Crippen molar-refractivity contribution >= 4 is 33.3 Å². The van der Waals surface area contributed by atoms with Crippen LogP contribution in [-0.2, 0) is 0 Å². The van der Waals surface area contributed by atoms with Crippen molar-refractivity contribution in [1.82, 2.24) is 4.98 Å². The van der Waals surface area contributed by atoms with Gasteiger partial charge in [-0.3, -0.25) is 10.1 Å². The van der Waals surface area contributed by atoms with Gasteiger partial charge in [0.25, 0.3) is 5.91 Å². The van der Waals surface area contributed by atoms with E-state index >= 15 is 0 Å². The normalized spacial score (nSPS) is 10.7. The molecule has 0 aliphatic carbocycles. The highest BCUT2D eigenvalue weighted by Gasteiger charge is 2.16. The number of carbonyl (C=O) groups excluding carboxylic acids is 1. The molecular weight excluding hydrogens is 392 g/mol. The zero-order valence-electron chi connectivity index (χ0n) is 15.6. The molecule has 0 aliphatic heterocycles. The van der Waals surface area contributed by atoms with Crippen molar-refractivity contribution in [2.45, 2.75) is 0 Å². The van der Waals surface area contributed by atoms with Crippen molar-refractivity contribution in [1.29, 1.82) is 0 Å². The van der Waals surface area contributed by atoms with Crippen LogP contribution in [-0.4, -0.2) is 25.1 Å². The van der Waals surface area contributed by atoms with Gasteiger partial charge in [0.15, 0.2) is 5.13 Å². The van der Waals surface area contributed by atoms with Crippen LogP contribution in [0.2, 0.25) is 0 Å². The number of amides is 1. The van der Waals surface area contributed by atoms with Gasteiger partial charge < -0.3 is 13.9 Å². The Morgan fingerprint density at radius 1 is 1.03 bits per heavy atom. The van der Waals surface area contributed by atoms with Gasteiger partial charge in [0.05, 0.1) is 19.9 Å². The molecule has 1 amide bonds. The Bertz CT molecular complexity index is 1240. The second-order valence-electron chi connectivity index (χ2n) is 6.07. The van der Waals surface area contributed by atoms with Crippen LogP contribution in [0.1, 0.15) is 10.4 Å². The maximum absolute atomic E-state index is 12.6. The minimum atomic E-state index is -0.727. The monoisotopic (exact) mass is 408 g/mol. The lowest BCUT2D eigenvalue weighted by Crippen LogP contribution is -2.20. The van der Waals surface area contributed by atoms with Gasteiger partial charge in [-0.1, -0.05) is 0 Å². The predicted molar refractivity (Wildman–Crippen MR) is 111 cm³/mol. The highest BCUT2D eigenvalue weighted by atomic mass is 32.1. The summed E-state index contributed by atoms with van der Waals surface area (Å²) in [7, 11) is 3.13. The first-order valence-corrected chi connectivity index (χ1v) is 9.48. The first-order chi connectivity index (χ1) is 14.1. The van der Waals surface area contributed by atoms with Crippen LogP contribution in [0.3, 0.4) is 0 Å². The minimum absolute atomic E-state index is 0.0936. The van der Waals surface area contributed by atoms with Gasteiger partial charge in [0.2, 0.25) is 0 Å². The van der Waals surface area contributed by atoms with E-state index in [4.69, 9.17) is 13.9 Å². The number of aromatic nitrogens is 1. The number of anilines is 1. The second kappa shape index (κ2) is 7.76. The van der Waals surface area contributed by atoms with Gasteiger partial charge in [-0.05, 0) is 42.5 Å². The fourth-order valence-electron chi connectivity index (χ4n) is 2.77. The molecule has 4 aromatic rings. The Morgan fingerprint density at radius 3 is 2.48 bits per heavy atom. The summed E-state index contributed by atoms with van der Waals surface area (Å²) in [4.78, 5) is 29.3. The lowest BCUT2D eigenvalue weighted by molar-refractivity contribution is 0.102. The van der Waals surface area contributed by atoms with Crippen molar-refractivity contribution in [3.05, 3.63) is 69.9 Å².